The van der Waals surface area contributed by atoms with E-state index < -0.39 is 23.4 Å². The molecule has 0 spiro atoms. The summed E-state index contributed by atoms with van der Waals surface area (Å²) >= 11 is 0. The van der Waals surface area contributed by atoms with E-state index in [-0.39, 0.29) is 23.2 Å². The van der Waals surface area contributed by atoms with Crippen molar-refractivity contribution in [3.05, 3.63) is 102 Å². The van der Waals surface area contributed by atoms with E-state index in [0.29, 0.717) is 78.7 Å². The third-order valence-corrected chi connectivity index (χ3v) is 9.17. The zero-order valence-electron chi connectivity index (χ0n) is 28.4. The van der Waals surface area contributed by atoms with Gasteiger partial charge in [-0.25, -0.2) is 23.7 Å². The predicted molar refractivity (Wildman–Crippen MR) is 189 cm³/mol. The number of aromatic nitrogens is 6. The van der Waals surface area contributed by atoms with Gasteiger partial charge in [0, 0.05) is 73.4 Å². The molecule has 6 aromatic rings. The molecule has 2 atom stereocenters. The van der Waals surface area contributed by atoms with Crippen LogP contribution in [0.15, 0.2) is 73.4 Å². The minimum absolute atomic E-state index is 0.0142. The Bertz CT molecular complexity index is 2430. The van der Waals surface area contributed by atoms with E-state index in [1.165, 1.54) is 24.3 Å². The van der Waals surface area contributed by atoms with Crippen LogP contribution in [0.3, 0.4) is 0 Å². The molecule has 0 saturated carbocycles. The highest BCUT2D eigenvalue weighted by Gasteiger charge is 2.26. The van der Waals surface area contributed by atoms with Crippen molar-refractivity contribution in [3.8, 4) is 34.9 Å². The minimum atomic E-state index is -0.611. The maximum absolute atomic E-state index is 14.7. The van der Waals surface area contributed by atoms with Gasteiger partial charge in [0.05, 0.1) is 34.9 Å². The lowest BCUT2D eigenvalue weighted by Crippen LogP contribution is -2.36. The number of imidazole rings is 1. The summed E-state index contributed by atoms with van der Waals surface area (Å²) in [5.74, 6) is -1.58. The Hall–Kier alpha value is -6.94. The van der Waals surface area contributed by atoms with Crippen LogP contribution in [0.1, 0.15) is 39.4 Å². The number of nitrogens with one attached hydrogen (secondary N) is 3. The molecule has 2 amide bonds. The van der Waals surface area contributed by atoms with Crippen molar-refractivity contribution in [1.29, 1.82) is 10.5 Å². The summed E-state index contributed by atoms with van der Waals surface area (Å²) in [6, 6.07) is 10.5. The zero-order chi connectivity index (χ0) is 37.1. The SMILES string of the molecule is Cc1nc(-c2ccc(C(=O)N[C@@H]3CCN(C#N)C3)c(F)c2)c2cc[nH]c2n1.N#CN1CC[C@@H](NC(=O)c2ccc(-c3cnc4cnccn34)cc2F)C1. The van der Waals surface area contributed by atoms with Crippen LogP contribution < -0.4 is 10.6 Å². The molecule has 2 saturated heterocycles. The van der Waals surface area contributed by atoms with Crippen molar-refractivity contribution in [2.45, 2.75) is 31.8 Å². The smallest absolute Gasteiger partial charge is 0.254 e. The maximum atomic E-state index is 14.7. The maximum Gasteiger partial charge on any atom is 0.254 e. The number of H-pyrrole nitrogens is 1. The number of fused-ring (bicyclic) bond motifs is 2. The number of carbonyl (C=O) groups is 2. The summed E-state index contributed by atoms with van der Waals surface area (Å²) in [4.78, 5) is 47.9. The standard InChI is InChI=1S/C19H17FN6O.C18H15FN6O/c1-11-23-17(15-4-6-22-18(15)24-11)12-2-3-14(16(20)8-12)19(27)25-13-5-7-26(9-13)10-21;19-15-7-12(16-8-22-17-9-21-4-6-25(16)17)1-2-14(15)18(26)23-13-3-5-24(10-13)11-20/h2-4,6,8,13H,5,7,9H2,1H3,(H,25,27)(H,22,23,24);1-2,4,6-9,13H,3,5,10H2,(H,23,26)/t2*13-/m11/s1. The van der Waals surface area contributed by atoms with E-state index in [2.05, 4.69) is 47.9 Å². The topological polar surface area (TPSA) is 184 Å². The average Bonchev–Trinajstić information content (AvgIpc) is 3.98. The second-order valence-corrected chi connectivity index (χ2v) is 12.7. The first-order valence-electron chi connectivity index (χ1n) is 16.8. The molecule has 3 N–H and O–H groups in total. The molecule has 6 heterocycles. The van der Waals surface area contributed by atoms with Gasteiger partial charge >= 0.3 is 0 Å². The number of halogens is 2. The molecule has 53 heavy (non-hydrogen) atoms. The summed E-state index contributed by atoms with van der Waals surface area (Å²) in [5.41, 5.74) is 3.84. The Morgan fingerprint density at radius 3 is 2.09 bits per heavy atom. The summed E-state index contributed by atoms with van der Waals surface area (Å²) in [5, 5.41) is 24.1. The number of hydrogen-bond donors (Lipinski definition) is 3. The van der Waals surface area contributed by atoms with Crippen LogP contribution in [0.2, 0.25) is 0 Å². The highest BCUT2D eigenvalue weighted by Crippen LogP contribution is 2.28. The third kappa shape index (κ3) is 7.29. The summed E-state index contributed by atoms with van der Waals surface area (Å²) in [6.45, 7) is 3.88. The number of rotatable bonds is 6. The molecule has 2 fully saturated rings. The number of aryl methyl sites for hydroxylation is 1. The Labute approximate surface area is 301 Å². The number of hydrogen-bond acceptors (Lipinski definition) is 10. The second-order valence-electron chi connectivity index (χ2n) is 12.7. The molecule has 0 unspecified atom stereocenters. The van der Waals surface area contributed by atoms with Crippen molar-refractivity contribution >= 4 is 28.5 Å². The van der Waals surface area contributed by atoms with Gasteiger partial charge in [-0.2, -0.15) is 10.5 Å². The number of aromatic amines is 1. The number of nitriles is 2. The van der Waals surface area contributed by atoms with Crippen molar-refractivity contribution in [2.24, 2.45) is 0 Å². The summed E-state index contributed by atoms with van der Waals surface area (Å²) in [7, 11) is 0. The number of nitrogens with zero attached hydrogens (tertiary/aromatic N) is 9. The zero-order valence-corrected chi connectivity index (χ0v) is 28.4. The molecule has 0 radical (unpaired) electrons. The van der Waals surface area contributed by atoms with Crippen LogP contribution in [0.25, 0.3) is 39.2 Å². The average molecular weight is 715 g/mol. The Morgan fingerprint density at radius 2 is 1.49 bits per heavy atom. The van der Waals surface area contributed by atoms with Gasteiger partial charge in [-0.3, -0.25) is 19.0 Å². The molecule has 2 aliphatic heterocycles. The first-order valence-corrected chi connectivity index (χ1v) is 16.8. The molecule has 2 aromatic carbocycles. The van der Waals surface area contributed by atoms with E-state index in [1.807, 2.05) is 6.07 Å². The van der Waals surface area contributed by atoms with Gasteiger partial charge in [-0.1, -0.05) is 12.1 Å². The van der Waals surface area contributed by atoms with Gasteiger partial charge in [0.1, 0.15) is 23.1 Å². The minimum Gasteiger partial charge on any atom is -0.347 e. The van der Waals surface area contributed by atoms with Gasteiger partial charge in [-0.05, 0) is 50.1 Å². The van der Waals surface area contributed by atoms with E-state index in [1.54, 1.807) is 64.2 Å². The quantitative estimate of drug-likeness (QED) is 0.212. The molecule has 4 aromatic heterocycles. The Kier molecular flexibility index (Phi) is 9.59. The lowest BCUT2D eigenvalue weighted by Gasteiger charge is -2.13. The molecule has 14 nitrogen and oxygen atoms in total. The van der Waals surface area contributed by atoms with Crippen LogP contribution >= 0.6 is 0 Å². The van der Waals surface area contributed by atoms with Crippen molar-refractivity contribution in [2.75, 3.05) is 26.2 Å². The number of carbonyl (C=O) groups excluding carboxylic acids is 2. The highest BCUT2D eigenvalue weighted by molar-refractivity contribution is 5.97. The largest absolute Gasteiger partial charge is 0.347 e. The van der Waals surface area contributed by atoms with Gasteiger partial charge in [0.2, 0.25) is 0 Å². The lowest BCUT2D eigenvalue weighted by atomic mass is 10.1. The summed E-state index contributed by atoms with van der Waals surface area (Å²) in [6.07, 6.45) is 13.8. The van der Waals surface area contributed by atoms with Crippen LogP contribution in [0.5, 0.6) is 0 Å². The van der Waals surface area contributed by atoms with Gasteiger partial charge < -0.3 is 25.4 Å². The van der Waals surface area contributed by atoms with Crippen LogP contribution in [0.4, 0.5) is 8.78 Å². The van der Waals surface area contributed by atoms with E-state index in [0.717, 1.165) is 5.39 Å². The predicted octanol–water partition coefficient (Wildman–Crippen LogP) is 4.18. The molecule has 266 valence electrons. The molecule has 0 bridgehead atoms. The number of benzene rings is 2. The fraction of sp³-hybridized carbons (Fsp3) is 0.243. The fourth-order valence-corrected chi connectivity index (χ4v) is 6.50. The second kappa shape index (κ2) is 14.7. The number of likely N-dealkylation sites (tertiary alicyclic amines) is 2. The van der Waals surface area contributed by atoms with E-state index >= 15 is 0 Å². The van der Waals surface area contributed by atoms with E-state index in [9.17, 15) is 18.4 Å². The fourth-order valence-electron chi connectivity index (χ4n) is 6.50. The lowest BCUT2D eigenvalue weighted by molar-refractivity contribution is 0.0926. The van der Waals surface area contributed by atoms with Gasteiger partial charge in [0.25, 0.3) is 11.8 Å². The van der Waals surface area contributed by atoms with Crippen molar-refractivity contribution < 1.29 is 18.4 Å². The van der Waals surface area contributed by atoms with Crippen LogP contribution in [-0.2, 0) is 0 Å². The molecular weight excluding hydrogens is 682 g/mol. The monoisotopic (exact) mass is 714 g/mol. The first kappa shape index (κ1) is 34.5. The Balaban J connectivity index is 0.000000164. The normalized spacial score (nSPS) is 16.5. The summed E-state index contributed by atoms with van der Waals surface area (Å²) < 4.78 is 31.0. The molecular formula is C37H32F2N12O2. The number of amides is 2. The van der Waals surface area contributed by atoms with E-state index in [4.69, 9.17) is 10.5 Å². The van der Waals surface area contributed by atoms with Crippen molar-refractivity contribution in [1.82, 2.24) is 49.8 Å². The van der Waals surface area contributed by atoms with Gasteiger partial charge in [0.15, 0.2) is 18.0 Å². The highest BCUT2D eigenvalue weighted by atomic mass is 19.1. The van der Waals surface area contributed by atoms with Crippen molar-refractivity contribution in [3.63, 3.8) is 0 Å². The molecule has 16 heteroatoms. The molecule has 0 aliphatic carbocycles. The van der Waals surface area contributed by atoms with Gasteiger partial charge in [-0.15, -0.1) is 0 Å². The first-order chi connectivity index (χ1) is 25.7. The third-order valence-electron chi connectivity index (χ3n) is 9.17. The van der Waals surface area contributed by atoms with Crippen LogP contribution in [-0.4, -0.2) is 89.2 Å². The molecule has 8 rings (SSSR count). The van der Waals surface area contributed by atoms with Crippen LogP contribution in [0, 0.1) is 41.5 Å². The Morgan fingerprint density at radius 1 is 0.868 bits per heavy atom. The molecule has 2 aliphatic rings.